The van der Waals surface area contributed by atoms with E-state index in [0.29, 0.717) is 11.1 Å². The van der Waals surface area contributed by atoms with Crippen LogP contribution in [0.25, 0.3) is 0 Å². The maximum Gasteiger partial charge on any atom is 0.272 e. The van der Waals surface area contributed by atoms with Crippen LogP contribution in [0.5, 0.6) is 0 Å². The van der Waals surface area contributed by atoms with Gasteiger partial charge in [-0.25, -0.2) is 0 Å². The number of hydrogen-bond acceptors (Lipinski definition) is 4. The van der Waals surface area contributed by atoms with Crippen molar-refractivity contribution in [2.24, 2.45) is 0 Å². The molecule has 102 valence electrons. The molecule has 0 bridgehead atoms. The zero-order valence-electron chi connectivity index (χ0n) is 10.5. The Morgan fingerprint density at radius 2 is 1.50 bits per heavy atom. The summed E-state index contributed by atoms with van der Waals surface area (Å²) in [5.74, 6) is 0. The zero-order chi connectivity index (χ0) is 14.5. The molecule has 0 radical (unpaired) electrons. The van der Waals surface area contributed by atoms with Crippen LogP contribution in [0, 0.1) is 20.2 Å². The summed E-state index contributed by atoms with van der Waals surface area (Å²) in [6.45, 7) is 0. The Bertz CT molecular complexity index is 628. The van der Waals surface area contributed by atoms with Crippen LogP contribution in [0.2, 0.25) is 0 Å². The van der Waals surface area contributed by atoms with Gasteiger partial charge in [-0.15, -0.1) is 0 Å². The predicted molar refractivity (Wildman–Crippen MR) is 73.0 cm³/mol. The Labute approximate surface area is 115 Å². The van der Waals surface area contributed by atoms with E-state index in [1.165, 1.54) is 6.07 Å². The maximum atomic E-state index is 11.2. The van der Waals surface area contributed by atoms with Gasteiger partial charge in [-0.1, -0.05) is 48.5 Å². The molecule has 0 spiro atoms. The fraction of sp³-hybridized carbons (Fsp3) is 0.143. The minimum Gasteiger partial charge on any atom is -0.264 e. The molecule has 0 aliphatic heterocycles. The van der Waals surface area contributed by atoms with Gasteiger partial charge in [-0.05, 0) is 0 Å². The Morgan fingerprint density at radius 1 is 0.900 bits per heavy atom. The molecule has 0 fully saturated rings. The molecule has 2 rings (SSSR count). The second-order valence-corrected chi connectivity index (χ2v) is 4.30. The van der Waals surface area contributed by atoms with Crippen molar-refractivity contribution in [3.8, 4) is 0 Å². The fourth-order valence-corrected chi connectivity index (χ4v) is 2.06. The Kier molecular flexibility index (Phi) is 4.05. The van der Waals surface area contributed by atoms with E-state index < -0.39 is 15.9 Å². The number of nitro groups is 2. The normalized spacial score (nSPS) is 11.8. The molecule has 0 N–H and O–H groups in total. The van der Waals surface area contributed by atoms with Crippen molar-refractivity contribution >= 4 is 5.69 Å². The first-order chi connectivity index (χ1) is 9.59. The molecule has 0 saturated carbocycles. The molecule has 20 heavy (non-hydrogen) atoms. The molecular weight excluding hydrogens is 260 g/mol. The van der Waals surface area contributed by atoms with Gasteiger partial charge in [0.25, 0.3) is 5.69 Å². The summed E-state index contributed by atoms with van der Waals surface area (Å²) in [5.41, 5.74) is 0.814. The van der Waals surface area contributed by atoms with E-state index in [0.717, 1.165) is 0 Å². The second-order valence-electron chi connectivity index (χ2n) is 4.30. The van der Waals surface area contributed by atoms with Crippen LogP contribution in [0.3, 0.4) is 0 Å². The first-order valence-electron chi connectivity index (χ1n) is 6.00. The quantitative estimate of drug-likeness (QED) is 0.618. The van der Waals surface area contributed by atoms with E-state index >= 15 is 0 Å². The zero-order valence-corrected chi connectivity index (χ0v) is 10.5. The van der Waals surface area contributed by atoms with E-state index in [1.54, 1.807) is 48.5 Å². The third-order valence-corrected chi connectivity index (χ3v) is 3.04. The van der Waals surface area contributed by atoms with E-state index in [9.17, 15) is 20.2 Å². The maximum absolute atomic E-state index is 11.2. The van der Waals surface area contributed by atoms with Crippen LogP contribution in [-0.2, 0) is 6.42 Å². The molecule has 0 saturated heterocycles. The summed E-state index contributed by atoms with van der Waals surface area (Å²) in [7, 11) is 0. The van der Waals surface area contributed by atoms with E-state index in [4.69, 9.17) is 0 Å². The predicted octanol–water partition coefficient (Wildman–Crippen LogP) is 3.16. The van der Waals surface area contributed by atoms with Crippen molar-refractivity contribution < 1.29 is 9.85 Å². The van der Waals surface area contributed by atoms with Crippen molar-refractivity contribution in [1.29, 1.82) is 0 Å². The molecule has 0 heterocycles. The molecule has 1 unspecified atom stereocenters. The fourth-order valence-electron chi connectivity index (χ4n) is 2.06. The average molecular weight is 272 g/mol. The topological polar surface area (TPSA) is 86.3 Å². The van der Waals surface area contributed by atoms with Crippen molar-refractivity contribution in [2.75, 3.05) is 0 Å². The molecule has 0 amide bonds. The number of hydrogen-bond donors (Lipinski definition) is 0. The lowest BCUT2D eigenvalue weighted by molar-refractivity contribution is -0.528. The molecule has 1 atom stereocenters. The highest BCUT2D eigenvalue weighted by Gasteiger charge is 2.26. The number of nitro benzene ring substituents is 1. The van der Waals surface area contributed by atoms with Gasteiger partial charge in [0, 0.05) is 22.1 Å². The summed E-state index contributed by atoms with van der Waals surface area (Å²) in [6, 6.07) is 13.6. The van der Waals surface area contributed by atoms with Crippen molar-refractivity contribution in [3.05, 3.63) is 86.0 Å². The number of nitrogens with zero attached hydrogens (tertiary/aromatic N) is 2. The highest BCUT2D eigenvalue weighted by molar-refractivity contribution is 5.40. The number of rotatable bonds is 5. The van der Waals surface area contributed by atoms with Gasteiger partial charge in [0.15, 0.2) is 0 Å². The van der Waals surface area contributed by atoms with Gasteiger partial charge in [-0.3, -0.25) is 20.2 Å². The molecule has 2 aromatic rings. The summed E-state index contributed by atoms with van der Waals surface area (Å²) >= 11 is 0. The minimum atomic E-state index is -0.989. The summed E-state index contributed by atoms with van der Waals surface area (Å²) < 4.78 is 0. The monoisotopic (exact) mass is 272 g/mol. The van der Waals surface area contributed by atoms with Gasteiger partial charge in [0.1, 0.15) is 0 Å². The lowest BCUT2D eigenvalue weighted by atomic mass is 9.98. The average Bonchev–Trinajstić information content (AvgIpc) is 2.45. The summed E-state index contributed by atoms with van der Waals surface area (Å²) in [5, 5.41) is 22.2. The van der Waals surface area contributed by atoms with Gasteiger partial charge in [0.2, 0.25) is 6.04 Å². The molecular formula is C14H12N2O4. The molecule has 0 aliphatic rings. The lowest BCUT2D eigenvalue weighted by Gasteiger charge is -2.10. The van der Waals surface area contributed by atoms with Crippen LogP contribution in [0.4, 0.5) is 5.69 Å². The van der Waals surface area contributed by atoms with E-state index in [-0.39, 0.29) is 12.1 Å². The molecule has 2 aromatic carbocycles. The van der Waals surface area contributed by atoms with Crippen molar-refractivity contribution in [3.63, 3.8) is 0 Å². The van der Waals surface area contributed by atoms with E-state index in [2.05, 4.69) is 0 Å². The number of para-hydroxylation sites is 1. The van der Waals surface area contributed by atoms with Crippen molar-refractivity contribution in [2.45, 2.75) is 12.5 Å². The molecule has 0 aliphatic carbocycles. The highest BCUT2D eigenvalue weighted by Crippen LogP contribution is 2.26. The van der Waals surface area contributed by atoms with Crippen LogP contribution < -0.4 is 0 Å². The Hall–Kier alpha value is -2.76. The third kappa shape index (κ3) is 2.97. The highest BCUT2D eigenvalue weighted by atomic mass is 16.6. The van der Waals surface area contributed by atoms with Gasteiger partial charge >= 0.3 is 0 Å². The molecule has 0 aromatic heterocycles. The molecule has 6 nitrogen and oxygen atoms in total. The summed E-state index contributed by atoms with van der Waals surface area (Å²) in [4.78, 5) is 21.2. The SMILES string of the molecule is O=[N+]([O-])c1ccccc1CC(c1ccccc1)[N+](=O)[O-]. The largest absolute Gasteiger partial charge is 0.272 e. The number of benzene rings is 2. The minimum absolute atomic E-state index is 0.00579. The second kappa shape index (κ2) is 5.92. The van der Waals surface area contributed by atoms with Gasteiger partial charge in [-0.2, -0.15) is 0 Å². The smallest absolute Gasteiger partial charge is 0.264 e. The van der Waals surface area contributed by atoms with Gasteiger partial charge < -0.3 is 0 Å². The van der Waals surface area contributed by atoms with Crippen LogP contribution >= 0.6 is 0 Å². The lowest BCUT2D eigenvalue weighted by Crippen LogP contribution is -2.14. The first kappa shape index (κ1) is 13.7. The first-order valence-corrected chi connectivity index (χ1v) is 6.00. The Morgan fingerprint density at radius 3 is 2.10 bits per heavy atom. The molecule has 6 heteroatoms. The van der Waals surface area contributed by atoms with Crippen LogP contribution in [0.1, 0.15) is 17.2 Å². The summed E-state index contributed by atoms with van der Waals surface area (Å²) in [6.07, 6.45) is -0.00579. The van der Waals surface area contributed by atoms with Crippen LogP contribution in [0.15, 0.2) is 54.6 Å². The van der Waals surface area contributed by atoms with Crippen molar-refractivity contribution in [1.82, 2.24) is 0 Å². The Balaban J connectivity index is 2.35. The third-order valence-electron chi connectivity index (χ3n) is 3.04. The van der Waals surface area contributed by atoms with E-state index in [1.807, 2.05) is 0 Å². The van der Waals surface area contributed by atoms with Crippen LogP contribution in [-0.4, -0.2) is 9.85 Å². The standard InChI is InChI=1S/C14H12N2O4/c17-15(18)13-9-5-4-8-12(13)10-14(16(19)20)11-6-2-1-3-7-11/h1-9,14H,10H2. The van der Waals surface area contributed by atoms with Gasteiger partial charge in [0.05, 0.1) is 11.3 Å².